The van der Waals surface area contributed by atoms with E-state index in [1.54, 1.807) is 37.2 Å². The summed E-state index contributed by atoms with van der Waals surface area (Å²) < 4.78 is 0. The molecule has 4 heterocycles. The number of hydrogen-bond acceptors (Lipinski definition) is 5. The van der Waals surface area contributed by atoms with Crippen LogP contribution < -0.4 is 0 Å². The van der Waals surface area contributed by atoms with Crippen LogP contribution in [0.15, 0.2) is 49.3 Å². The molecule has 3 aromatic rings. The summed E-state index contributed by atoms with van der Waals surface area (Å²) in [5, 5.41) is 0. The van der Waals surface area contributed by atoms with Gasteiger partial charge in [-0.05, 0) is 43.4 Å². The first-order chi connectivity index (χ1) is 12.8. The molecule has 0 unspecified atom stereocenters. The zero-order chi connectivity index (χ0) is 17.8. The number of H-pyrrole nitrogens is 1. The lowest BCUT2D eigenvalue weighted by Crippen LogP contribution is -2.40. The molecule has 4 rings (SSSR count). The minimum atomic E-state index is 0.0572. The summed E-state index contributed by atoms with van der Waals surface area (Å²) in [4.78, 5) is 34.6. The van der Waals surface area contributed by atoms with Gasteiger partial charge in [-0.2, -0.15) is 0 Å². The molecule has 0 aliphatic carbocycles. The first kappa shape index (κ1) is 16.4. The number of carbonyl (C=O) groups excluding carboxylic acids is 1. The highest BCUT2D eigenvalue weighted by molar-refractivity contribution is 5.93. The summed E-state index contributed by atoms with van der Waals surface area (Å²) in [6.45, 7) is 1.54. The second-order valence-corrected chi connectivity index (χ2v) is 6.54. The van der Waals surface area contributed by atoms with Crippen LogP contribution >= 0.6 is 0 Å². The van der Waals surface area contributed by atoms with Gasteiger partial charge in [-0.25, -0.2) is 15.0 Å². The highest BCUT2D eigenvalue weighted by atomic mass is 16.2. The van der Waals surface area contributed by atoms with Crippen LogP contribution in [0.25, 0.3) is 11.5 Å². The van der Waals surface area contributed by atoms with Crippen molar-refractivity contribution in [3.63, 3.8) is 0 Å². The van der Waals surface area contributed by atoms with Gasteiger partial charge in [-0.15, -0.1) is 0 Å². The number of likely N-dealkylation sites (tertiary alicyclic amines) is 1. The SMILES string of the molecule is O=C(c1cccnc1)N1CCC[C@H](Cc2cc(-c3ncc[nH]3)ncn2)C1. The average Bonchev–Trinajstić information content (AvgIpc) is 3.23. The van der Waals surface area contributed by atoms with Crippen LogP contribution in [0.3, 0.4) is 0 Å². The van der Waals surface area contributed by atoms with Gasteiger partial charge in [0.1, 0.15) is 12.0 Å². The molecule has 1 N–H and O–H groups in total. The predicted octanol–water partition coefficient (Wildman–Crippen LogP) is 2.36. The van der Waals surface area contributed by atoms with E-state index < -0.39 is 0 Å². The van der Waals surface area contributed by atoms with Crippen molar-refractivity contribution in [1.29, 1.82) is 0 Å². The molecule has 1 saturated heterocycles. The Morgan fingerprint density at radius 3 is 3.04 bits per heavy atom. The van der Waals surface area contributed by atoms with Crippen molar-refractivity contribution in [2.24, 2.45) is 5.92 Å². The quantitative estimate of drug-likeness (QED) is 0.782. The second-order valence-electron chi connectivity index (χ2n) is 6.54. The number of nitrogens with one attached hydrogen (secondary N) is 1. The lowest BCUT2D eigenvalue weighted by atomic mass is 9.92. The molecule has 0 saturated carbocycles. The van der Waals surface area contributed by atoms with Gasteiger partial charge in [-0.3, -0.25) is 9.78 Å². The Bertz CT molecular complexity index is 865. The van der Waals surface area contributed by atoms with Crippen LogP contribution in [0.4, 0.5) is 0 Å². The summed E-state index contributed by atoms with van der Waals surface area (Å²) in [6, 6.07) is 5.59. The maximum atomic E-state index is 12.7. The zero-order valence-electron chi connectivity index (χ0n) is 14.4. The Labute approximate surface area is 151 Å². The molecule has 0 spiro atoms. The highest BCUT2D eigenvalue weighted by Crippen LogP contribution is 2.22. The van der Waals surface area contributed by atoms with Gasteiger partial charge in [0.15, 0.2) is 5.82 Å². The summed E-state index contributed by atoms with van der Waals surface area (Å²) in [7, 11) is 0. The number of hydrogen-bond donors (Lipinski definition) is 1. The smallest absolute Gasteiger partial charge is 0.255 e. The molecule has 7 nitrogen and oxygen atoms in total. The van der Waals surface area contributed by atoms with Crippen molar-refractivity contribution in [3.8, 4) is 11.5 Å². The average molecular weight is 348 g/mol. The molecular formula is C19H20N6O. The Morgan fingerprint density at radius 1 is 1.27 bits per heavy atom. The monoisotopic (exact) mass is 348 g/mol. The third-order valence-corrected chi connectivity index (χ3v) is 4.68. The Morgan fingerprint density at radius 2 is 2.23 bits per heavy atom. The van der Waals surface area contributed by atoms with Gasteiger partial charge in [0, 0.05) is 43.6 Å². The van der Waals surface area contributed by atoms with Crippen LogP contribution in [0.5, 0.6) is 0 Å². The van der Waals surface area contributed by atoms with Crippen LogP contribution in [0, 0.1) is 5.92 Å². The van der Waals surface area contributed by atoms with Crippen molar-refractivity contribution < 1.29 is 4.79 Å². The molecular weight excluding hydrogens is 328 g/mol. The summed E-state index contributed by atoms with van der Waals surface area (Å²) in [5.74, 6) is 1.19. The van der Waals surface area contributed by atoms with Crippen LogP contribution in [0.2, 0.25) is 0 Å². The standard InChI is InChI=1S/C19H20N6O/c26-19(15-4-1-5-20-11-15)25-8-2-3-14(12-25)9-16-10-17(24-13-23-16)18-21-6-7-22-18/h1,4-7,10-11,13-14H,2-3,8-9,12H2,(H,21,22)/t14-/m1/s1. The second kappa shape index (κ2) is 7.43. The van der Waals surface area contributed by atoms with E-state index >= 15 is 0 Å². The van der Waals surface area contributed by atoms with E-state index in [0.717, 1.165) is 49.6 Å². The molecule has 1 aliphatic rings. The maximum Gasteiger partial charge on any atom is 0.255 e. The number of piperidine rings is 1. The van der Waals surface area contributed by atoms with Crippen molar-refractivity contribution >= 4 is 5.91 Å². The van der Waals surface area contributed by atoms with E-state index in [-0.39, 0.29) is 5.91 Å². The Hall–Kier alpha value is -3.09. The number of carbonyl (C=O) groups is 1. The number of rotatable bonds is 4. The van der Waals surface area contributed by atoms with E-state index in [2.05, 4.69) is 24.9 Å². The van der Waals surface area contributed by atoms with E-state index in [9.17, 15) is 4.79 Å². The van der Waals surface area contributed by atoms with Gasteiger partial charge in [0.2, 0.25) is 0 Å². The lowest BCUT2D eigenvalue weighted by molar-refractivity contribution is 0.0672. The van der Waals surface area contributed by atoms with Crippen LogP contribution in [0.1, 0.15) is 28.9 Å². The molecule has 1 amide bonds. The van der Waals surface area contributed by atoms with Crippen LogP contribution in [-0.2, 0) is 6.42 Å². The molecule has 0 radical (unpaired) electrons. The first-order valence-corrected chi connectivity index (χ1v) is 8.79. The number of pyridine rings is 1. The molecule has 7 heteroatoms. The van der Waals surface area contributed by atoms with Crippen molar-refractivity contribution in [3.05, 3.63) is 60.6 Å². The van der Waals surface area contributed by atoms with Crippen molar-refractivity contribution in [2.45, 2.75) is 19.3 Å². The summed E-state index contributed by atoms with van der Waals surface area (Å²) in [6.07, 6.45) is 11.3. The van der Waals surface area contributed by atoms with Gasteiger partial charge in [0.25, 0.3) is 5.91 Å². The van der Waals surface area contributed by atoms with Gasteiger partial charge < -0.3 is 9.88 Å². The molecule has 0 aromatic carbocycles. The fraction of sp³-hybridized carbons (Fsp3) is 0.316. The van der Waals surface area contributed by atoms with Crippen LogP contribution in [-0.4, -0.2) is 48.8 Å². The van der Waals surface area contributed by atoms with Crippen molar-refractivity contribution in [2.75, 3.05) is 13.1 Å². The van der Waals surface area contributed by atoms with E-state index in [4.69, 9.17) is 0 Å². The molecule has 1 atom stereocenters. The van der Waals surface area contributed by atoms with Gasteiger partial charge in [0.05, 0.1) is 5.56 Å². The summed E-state index contributed by atoms with van der Waals surface area (Å²) in [5.41, 5.74) is 2.42. The number of aromatic amines is 1. The first-order valence-electron chi connectivity index (χ1n) is 8.79. The summed E-state index contributed by atoms with van der Waals surface area (Å²) >= 11 is 0. The minimum absolute atomic E-state index is 0.0572. The largest absolute Gasteiger partial charge is 0.343 e. The van der Waals surface area contributed by atoms with Gasteiger partial charge in [-0.1, -0.05) is 0 Å². The predicted molar refractivity (Wildman–Crippen MR) is 96.2 cm³/mol. The molecule has 26 heavy (non-hydrogen) atoms. The molecule has 0 bridgehead atoms. The third kappa shape index (κ3) is 3.61. The number of imidazole rings is 1. The van der Waals surface area contributed by atoms with E-state index in [1.165, 1.54) is 0 Å². The van der Waals surface area contributed by atoms with E-state index in [0.29, 0.717) is 11.5 Å². The lowest BCUT2D eigenvalue weighted by Gasteiger charge is -2.32. The van der Waals surface area contributed by atoms with Gasteiger partial charge >= 0.3 is 0 Å². The molecule has 132 valence electrons. The van der Waals surface area contributed by atoms with E-state index in [1.807, 2.05) is 17.0 Å². The number of aromatic nitrogens is 5. The normalized spacial score (nSPS) is 17.2. The van der Waals surface area contributed by atoms with Crippen molar-refractivity contribution in [1.82, 2.24) is 29.8 Å². The third-order valence-electron chi connectivity index (χ3n) is 4.68. The topological polar surface area (TPSA) is 87.7 Å². The molecule has 1 fully saturated rings. The Kier molecular flexibility index (Phi) is 4.68. The molecule has 1 aliphatic heterocycles. The maximum absolute atomic E-state index is 12.7. The minimum Gasteiger partial charge on any atom is -0.343 e. The Balaban J connectivity index is 1.44. The zero-order valence-corrected chi connectivity index (χ0v) is 14.4. The fourth-order valence-electron chi connectivity index (χ4n) is 3.43. The molecule has 3 aromatic heterocycles. The highest BCUT2D eigenvalue weighted by Gasteiger charge is 2.25. The number of nitrogens with zero attached hydrogens (tertiary/aromatic N) is 5. The fourth-order valence-corrected chi connectivity index (χ4v) is 3.43. The number of amides is 1.